The Kier molecular flexibility index (Phi) is 5.23. The van der Waals surface area contributed by atoms with Gasteiger partial charge in [-0.15, -0.1) is 0 Å². The molecule has 0 unspecified atom stereocenters. The third-order valence-electron chi connectivity index (χ3n) is 4.96. The summed E-state index contributed by atoms with van der Waals surface area (Å²) in [7, 11) is 0. The third kappa shape index (κ3) is 3.93. The molecule has 1 aliphatic rings. The summed E-state index contributed by atoms with van der Waals surface area (Å²) in [6.07, 6.45) is 0. The van der Waals surface area contributed by atoms with Gasteiger partial charge in [0, 0.05) is 32.7 Å². The molecule has 0 spiro atoms. The maximum Gasteiger partial charge on any atom is 0.259 e. The summed E-state index contributed by atoms with van der Waals surface area (Å²) in [5.41, 5.74) is 4.00. The van der Waals surface area contributed by atoms with Crippen LogP contribution in [0.5, 0.6) is 0 Å². The molecule has 1 aromatic carbocycles. The second kappa shape index (κ2) is 7.40. The van der Waals surface area contributed by atoms with Gasteiger partial charge in [-0.05, 0) is 30.9 Å². The monoisotopic (exact) mass is 341 g/mol. The molecular weight excluding hydrogens is 314 g/mol. The summed E-state index contributed by atoms with van der Waals surface area (Å²) >= 11 is 0. The van der Waals surface area contributed by atoms with E-state index in [0.717, 1.165) is 32.7 Å². The predicted octanol–water partition coefficient (Wildman–Crippen LogP) is 3.37. The first-order chi connectivity index (χ1) is 12.0. The third-order valence-corrected chi connectivity index (χ3v) is 4.96. The van der Waals surface area contributed by atoms with E-state index in [1.165, 1.54) is 11.1 Å². The van der Waals surface area contributed by atoms with Crippen molar-refractivity contribution in [1.82, 2.24) is 15.0 Å². The number of carbonyl (C=O) groups is 1. The highest BCUT2D eigenvalue weighted by molar-refractivity contribution is 5.96. The van der Waals surface area contributed by atoms with Crippen LogP contribution in [0.4, 0.5) is 0 Å². The van der Waals surface area contributed by atoms with Gasteiger partial charge in [-0.2, -0.15) is 0 Å². The summed E-state index contributed by atoms with van der Waals surface area (Å²) in [6, 6.07) is 8.88. The molecule has 1 saturated heterocycles. The van der Waals surface area contributed by atoms with Crippen LogP contribution < -0.4 is 0 Å². The number of aromatic nitrogens is 1. The van der Waals surface area contributed by atoms with Crippen LogP contribution in [-0.4, -0.2) is 47.0 Å². The number of hydrogen-bond acceptors (Lipinski definition) is 4. The zero-order valence-corrected chi connectivity index (χ0v) is 15.6. The van der Waals surface area contributed by atoms with Crippen LogP contribution >= 0.6 is 0 Å². The Hall–Kier alpha value is -2.14. The topological polar surface area (TPSA) is 49.6 Å². The summed E-state index contributed by atoms with van der Waals surface area (Å²) < 4.78 is 5.13. The molecule has 0 radical (unpaired) electrons. The minimum atomic E-state index is 0.0391. The van der Waals surface area contributed by atoms with Crippen LogP contribution in [0.3, 0.4) is 0 Å². The molecule has 5 nitrogen and oxygen atoms in total. The van der Waals surface area contributed by atoms with Crippen LogP contribution in [0.2, 0.25) is 0 Å². The molecule has 0 atom stereocenters. The SMILES string of the molecule is Cc1noc(C)c1C(=O)N1CCN(Cc2ccc(C(C)C)cc2)CC1. The van der Waals surface area contributed by atoms with Crippen LogP contribution in [0.25, 0.3) is 0 Å². The van der Waals surface area contributed by atoms with E-state index in [1.807, 2.05) is 11.8 Å². The number of amides is 1. The standard InChI is InChI=1S/C20H27N3O2/c1-14(2)18-7-5-17(6-8-18)13-22-9-11-23(12-10-22)20(24)19-15(3)21-25-16(19)4/h5-8,14H,9-13H2,1-4H3. The molecule has 0 N–H and O–H groups in total. The lowest BCUT2D eigenvalue weighted by Gasteiger charge is -2.34. The Morgan fingerprint density at radius 2 is 1.76 bits per heavy atom. The van der Waals surface area contributed by atoms with Crippen LogP contribution in [-0.2, 0) is 6.54 Å². The molecule has 3 rings (SSSR count). The van der Waals surface area contributed by atoms with Crippen molar-refractivity contribution in [3.8, 4) is 0 Å². The van der Waals surface area contributed by atoms with Crippen LogP contribution in [0, 0.1) is 13.8 Å². The van der Waals surface area contributed by atoms with E-state index in [0.29, 0.717) is 22.9 Å². The molecule has 25 heavy (non-hydrogen) atoms. The highest BCUT2D eigenvalue weighted by Crippen LogP contribution is 2.18. The van der Waals surface area contributed by atoms with Crippen LogP contribution in [0.1, 0.15) is 52.7 Å². The zero-order chi connectivity index (χ0) is 18.0. The highest BCUT2D eigenvalue weighted by Gasteiger charge is 2.26. The lowest BCUT2D eigenvalue weighted by Crippen LogP contribution is -2.48. The van der Waals surface area contributed by atoms with Gasteiger partial charge in [0.25, 0.3) is 5.91 Å². The Morgan fingerprint density at radius 1 is 1.12 bits per heavy atom. The van der Waals surface area contributed by atoms with Gasteiger partial charge in [0.2, 0.25) is 0 Å². The second-order valence-corrected chi connectivity index (χ2v) is 7.16. The van der Waals surface area contributed by atoms with Gasteiger partial charge in [0.15, 0.2) is 0 Å². The van der Waals surface area contributed by atoms with E-state index >= 15 is 0 Å². The maximum atomic E-state index is 12.7. The largest absolute Gasteiger partial charge is 0.361 e. The van der Waals surface area contributed by atoms with E-state index in [1.54, 1.807) is 6.92 Å². The molecule has 1 aromatic heterocycles. The molecular formula is C20H27N3O2. The summed E-state index contributed by atoms with van der Waals surface area (Å²) in [5, 5.41) is 3.89. The van der Waals surface area contributed by atoms with E-state index in [-0.39, 0.29) is 5.91 Å². The number of nitrogens with zero attached hydrogens (tertiary/aromatic N) is 3. The lowest BCUT2D eigenvalue weighted by atomic mass is 10.0. The fourth-order valence-corrected chi connectivity index (χ4v) is 3.32. The van der Waals surface area contributed by atoms with Gasteiger partial charge in [-0.3, -0.25) is 9.69 Å². The second-order valence-electron chi connectivity index (χ2n) is 7.16. The van der Waals surface area contributed by atoms with Gasteiger partial charge >= 0.3 is 0 Å². The summed E-state index contributed by atoms with van der Waals surface area (Å²) in [6.45, 7) is 12.2. The van der Waals surface area contributed by atoms with Crippen molar-refractivity contribution in [2.75, 3.05) is 26.2 Å². The van der Waals surface area contributed by atoms with E-state index in [2.05, 4.69) is 48.2 Å². The maximum absolute atomic E-state index is 12.7. The van der Waals surface area contributed by atoms with Crippen molar-refractivity contribution in [3.05, 3.63) is 52.4 Å². The molecule has 0 aliphatic carbocycles. The first-order valence-corrected chi connectivity index (χ1v) is 8.99. The number of rotatable bonds is 4. The van der Waals surface area contributed by atoms with Gasteiger partial charge in [-0.25, -0.2) is 0 Å². The average Bonchev–Trinajstić information content (AvgIpc) is 2.94. The van der Waals surface area contributed by atoms with Gasteiger partial charge in [0.1, 0.15) is 11.3 Å². The minimum Gasteiger partial charge on any atom is -0.361 e. The van der Waals surface area contributed by atoms with E-state index in [9.17, 15) is 4.79 Å². The number of aryl methyl sites for hydroxylation is 2. The van der Waals surface area contributed by atoms with E-state index in [4.69, 9.17) is 4.52 Å². The van der Waals surface area contributed by atoms with Crippen molar-refractivity contribution >= 4 is 5.91 Å². The Morgan fingerprint density at radius 3 is 2.28 bits per heavy atom. The Balaban J connectivity index is 1.56. The molecule has 2 heterocycles. The highest BCUT2D eigenvalue weighted by atomic mass is 16.5. The molecule has 0 bridgehead atoms. The molecule has 1 fully saturated rings. The number of hydrogen-bond donors (Lipinski definition) is 0. The Labute approximate surface area is 149 Å². The predicted molar refractivity (Wildman–Crippen MR) is 97.7 cm³/mol. The Bertz CT molecular complexity index is 706. The quantitative estimate of drug-likeness (QED) is 0.855. The average molecular weight is 341 g/mol. The molecule has 1 amide bonds. The van der Waals surface area contributed by atoms with Crippen molar-refractivity contribution in [1.29, 1.82) is 0 Å². The smallest absolute Gasteiger partial charge is 0.259 e. The summed E-state index contributed by atoms with van der Waals surface area (Å²) in [5.74, 6) is 1.21. The molecule has 1 aliphatic heterocycles. The number of benzene rings is 1. The van der Waals surface area contributed by atoms with Crippen molar-refractivity contribution < 1.29 is 9.32 Å². The minimum absolute atomic E-state index is 0.0391. The fourth-order valence-electron chi connectivity index (χ4n) is 3.32. The molecule has 0 saturated carbocycles. The van der Waals surface area contributed by atoms with Crippen molar-refractivity contribution in [2.24, 2.45) is 0 Å². The molecule has 134 valence electrons. The van der Waals surface area contributed by atoms with E-state index < -0.39 is 0 Å². The van der Waals surface area contributed by atoms with Crippen molar-refractivity contribution in [2.45, 2.75) is 40.2 Å². The van der Waals surface area contributed by atoms with Gasteiger partial charge in [-0.1, -0.05) is 43.3 Å². The fraction of sp³-hybridized carbons (Fsp3) is 0.500. The van der Waals surface area contributed by atoms with Gasteiger partial charge < -0.3 is 9.42 Å². The lowest BCUT2D eigenvalue weighted by molar-refractivity contribution is 0.0626. The number of carbonyl (C=O) groups excluding carboxylic acids is 1. The van der Waals surface area contributed by atoms with Crippen LogP contribution in [0.15, 0.2) is 28.8 Å². The first-order valence-electron chi connectivity index (χ1n) is 8.99. The molecule has 5 heteroatoms. The normalized spacial score (nSPS) is 15.8. The first kappa shape index (κ1) is 17.7. The number of piperazine rings is 1. The van der Waals surface area contributed by atoms with Gasteiger partial charge in [0.05, 0.1) is 5.69 Å². The molecule has 2 aromatic rings. The van der Waals surface area contributed by atoms with Crippen molar-refractivity contribution in [3.63, 3.8) is 0 Å². The summed E-state index contributed by atoms with van der Waals surface area (Å²) in [4.78, 5) is 17.0. The zero-order valence-electron chi connectivity index (χ0n) is 15.6.